The number of carboxylic acids is 1. The summed E-state index contributed by atoms with van der Waals surface area (Å²) < 4.78 is 0. The first-order valence-corrected chi connectivity index (χ1v) is 7.77. The molecule has 5 heteroatoms. The molecular formula is C18H24N2O3. The highest BCUT2D eigenvalue weighted by atomic mass is 16.4. The molecule has 1 aromatic heterocycles. The van der Waals surface area contributed by atoms with E-state index in [-0.39, 0.29) is 18.1 Å². The van der Waals surface area contributed by atoms with Crippen molar-refractivity contribution in [1.82, 2.24) is 10.3 Å². The smallest absolute Gasteiger partial charge is 0.352 e. The maximum absolute atomic E-state index is 12.1. The summed E-state index contributed by atoms with van der Waals surface area (Å²) in [4.78, 5) is 26.5. The zero-order valence-electron chi connectivity index (χ0n) is 14.3. The molecule has 0 saturated carbocycles. The maximum atomic E-state index is 12.1. The molecule has 1 aromatic carbocycles. The Morgan fingerprint density at radius 1 is 1.26 bits per heavy atom. The number of aromatic nitrogens is 1. The molecule has 0 bridgehead atoms. The van der Waals surface area contributed by atoms with Gasteiger partial charge in [-0.05, 0) is 23.6 Å². The van der Waals surface area contributed by atoms with Gasteiger partial charge < -0.3 is 15.4 Å². The van der Waals surface area contributed by atoms with Gasteiger partial charge in [-0.2, -0.15) is 0 Å². The fourth-order valence-electron chi connectivity index (χ4n) is 2.42. The van der Waals surface area contributed by atoms with E-state index in [1.54, 1.807) is 0 Å². The lowest BCUT2D eigenvalue weighted by Crippen LogP contribution is -2.34. The summed E-state index contributed by atoms with van der Waals surface area (Å²) in [7, 11) is 0. The fraction of sp³-hybridized carbons (Fsp3) is 0.444. The van der Waals surface area contributed by atoms with Crippen molar-refractivity contribution in [1.29, 1.82) is 0 Å². The first-order chi connectivity index (χ1) is 10.6. The minimum Gasteiger partial charge on any atom is -0.477 e. The Bertz CT molecular complexity index is 751. The van der Waals surface area contributed by atoms with Gasteiger partial charge in [-0.25, -0.2) is 4.79 Å². The van der Waals surface area contributed by atoms with Crippen LogP contribution >= 0.6 is 0 Å². The molecule has 0 unspecified atom stereocenters. The quantitative estimate of drug-likeness (QED) is 0.805. The maximum Gasteiger partial charge on any atom is 0.352 e. The van der Waals surface area contributed by atoms with E-state index in [4.69, 9.17) is 0 Å². The highest BCUT2D eigenvalue weighted by molar-refractivity contribution is 5.98. The highest BCUT2D eigenvalue weighted by Gasteiger charge is 2.23. The molecule has 5 nitrogen and oxygen atoms in total. The Kier molecular flexibility index (Phi) is 4.50. The van der Waals surface area contributed by atoms with Gasteiger partial charge in [0, 0.05) is 28.4 Å². The number of carbonyl (C=O) groups excluding carboxylic acids is 1. The van der Waals surface area contributed by atoms with Crippen molar-refractivity contribution in [3.8, 4) is 0 Å². The predicted octanol–water partition coefficient (Wildman–Crippen LogP) is 3.65. The molecular weight excluding hydrogens is 292 g/mol. The van der Waals surface area contributed by atoms with Crippen LogP contribution in [0.15, 0.2) is 18.2 Å². The number of nitrogens with one attached hydrogen (secondary N) is 2. The number of carboxylic acid groups (broad SMARTS) is 1. The van der Waals surface area contributed by atoms with Gasteiger partial charge in [0.15, 0.2) is 0 Å². The first kappa shape index (κ1) is 17.1. The standard InChI is InChI=1S/C18H24N2O3/c1-10(2)11-6-7-14-12(8-11)13(15(20-14)16(21)22)9-19-17(23)18(3,4)5/h6-8,10,20H,9H2,1-5H3,(H,19,23)(H,21,22). The van der Waals surface area contributed by atoms with Crippen LogP contribution in [0, 0.1) is 5.41 Å². The third-order valence-corrected chi connectivity index (χ3v) is 3.92. The minimum atomic E-state index is -1.02. The Morgan fingerprint density at radius 2 is 1.91 bits per heavy atom. The molecule has 2 aromatic rings. The summed E-state index contributed by atoms with van der Waals surface area (Å²) in [6.45, 7) is 9.85. The van der Waals surface area contributed by atoms with Crippen LogP contribution in [0.2, 0.25) is 0 Å². The van der Waals surface area contributed by atoms with Crippen molar-refractivity contribution in [2.75, 3.05) is 0 Å². The lowest BCUT2D eigenvalue weighted by Gasteiger charge is -2.17. The average Bonchev–Trinajstić information content (AvgIpc) is 2.81. The molecule has 0 spiro atoms. The fourth-order valence-corrected chi connectivity index (χ4v) is 2.42. The van der Waals surface area contributed by atoms with Crippen LogP contribution in [0.25, 0.3) is 10.9 Å². The zero-order valence-corrected chi connectivity index (χ0v) is 14.3. The molecule has 124 valence electrons. The van der Waals surface area contributed by atoms with E-state index in [0.717, 1.165) is 16.5 Å². The Balaban J connectivity index is 2.46. The lowest BCUT2D eigenvalue weighted by molar-refractivity contribution is -0.128. The summed E-state index contributed by atoms with van der Waals surface area (Å²) in [6, 6.07) is 5.89. The molecule has 3 N–H and O–H groups in total. The van der Waals surface area contributed by atoms with Crippen molar-refractivity contribution in [3.05, 3.63) is 35.0 Å². The molecule has 0 aliphatic carbocycles. The normalized spacial score (nSPS) is 11.9. The van der Waals surface area contributed by atoms with Crippen LogP contribution < -0.4 is 5.32 Å². The van der Waals surface area contributed by atoms with Gasteiger partial charge in [-0.1, -0.05) is 40.7 Å². The number of rotatable bonds is 4. The minimum absolute atomic E-state index is 0.108. The number of hydrogen-bond donors (Lipinski definition) is 3. The summed E-state index contributed by atoms with van der Waals surface area (Å²) in [5.41, 5.74) is 2.14. The van der Waals surface area contributed by atoms with Crippen molar-refractivity contribution in [3.63, 3.8) is 0 Å². The second kappa shape index (κ2) is 6.07. The molecule has 0 atom stereocenters. The van der Waals surface area contributed by atoms with E-state index in [9.17, 15) is 14.7 Å². The van der Waals surface area contributed by atoms with Gasteiger partial charge in [0.25, 0.3) is 0 Å². The molecule has 1 amide bonds. The molecule has 0 aliphatic heterocycles. The predicted molar refractivity (Wildman–Crippen MR) is 90.6 cm³/mol. The summed E-state index contributed by atoms with van der Waals surface area (Å²) in [6.07, 6.45) is 0. The second-order valence-electron chi connectivity index (χ2n) is 7.18. The van der Waals surface area contributed by atoms with Crippen LogP contribution in [-0.4, -0.2) is 22.0 Å². The van der Waals surface area contributed by atoms with Crippen LogP contribution in [0.5, 0.6) is 0 Å². The van der Waals surface area contributed by atoms with Gasteiger partial charge in [-0.15, -0.1) is 0 Å². The second-order valence-corrected chi connectivity index (χ2v) is 7.18. The number of fused-ring (bicyclic) bond motifs is 1. The van der Waals surface area contributed by atoms with E-state index >= 15 is 0 Å². The largest absolute Gasteiger partial charge is 0.477 e. The van der Waals surface area contributed by atoms with E-state index in [1.807, 2.05) is 39.0 Å². The van der Waals surface area contributed by atoms with Gasteiger partial charge >= 0.3 is 5.97 Å². The van der Waals surface area contributed by atoms with Gasteiger partial charge in [0.05, 0.1) is 0 Å². The van der Waals surface area contributed by atoms with Gasteiger partial charge in [0.1, 0.15) is 5.69 Å². The van der Waals surface area contributed by atoms with Crippen molar-refractivity contribution in [2.45, 2.75) is 47.1 Å². The number of aromatic amines is 1. The number of hydrogen-bond acceptors (Lipinski definition) is 2. The van der Waals surface area contributed by atoms with Gasteiger partial charge in [-0.3, -0.25) is 4.79 Å². The molecule has 0 radical (unpaired) electrons. The Labute approximate surface area is 136 Å². The summed E-state index contributed by atoms with van der Waals surface area (Å²) in [5.74, 6) is -0.782. The van der Waals surface area contributed by atoms with Crippen molar-refractivity contribution < 1.29 is 14.7 Å². The lowest BCUT2D eigenvalue weighted by atomic mass is 9.95. The number of benzene rings is 1. The Hall–Kier alpha value is -2.30. The van der Waals surface area contributed by atoms with Crippen LogP contribution in [0.1, 0.15) is 62.2 Å². The molecule has 23 heavy (non-hydrogen) atoms. The number of aromatic carboxylic acids is 1. The topological polar surface area (TPSA) is 82.2 Å². The summed E-state index contributed by atoms with van der Waals surface area (Å²) >= 11 is 0. The van der Waals surface area contributed by atoms with Crippen LogP contribution in [-0.2, 0) is 11.3 Å². The van der Waals surface area contributed by atoms with Crippen LogP contribution in [0.4, 0.5) is 0 Å². The highest BCUT2D eigenvalue weighted by Crippen LogP contribution is 2.27. The van der Waals surface area contributed by atoms with E-state index in [2.05, 4.69) is 24.1 Å². The van der Waals surface area contributed by atoms with E-state index in [1.165, 1.54) is 0 Å². The van der Waals surface area contributed by atoms with Crippen LogP contribution in [0.3, 0.4) is 0 Å². The van der Waals surface area contributed by atoms with Crippen molar-refractivity contribution in [2.24, 2.45) is 5.41 Å². The molecule has 1 heterocycles. The monoisotopic (exact) mass is 316 g/mol. The van der Waals surface area contributed by atoms with Gasteiger partial charge in [0.2, 0.25) is 5.91 Å². The average molecular weight is 316 g/mol. The molecule has 0 aliphatic rings. The van der Waals surface area contributed by atoms with E-state index < -0.39 is 11.4 Å². The molecule has 0 saturated heterocycles. The SMILES string of the molecule is CC(C)c1ccc2[nH]c(C(=O)O)c(CNC(=O)C(C)(C)C)c2c1. The van der Waals surface area contributed by atoms with E-state index in [0.29, 0.717) is 11.5 Å². The number of carbonyl (C=O) groups is 2. The zero-order chi connectivity index (χ0) is 17.4. The first-order valence-electron chi connectivity index (χ1n) is 7.77. The van der Waals surface area contributed by atoms with Crippen molar-refractivity contribution >= 4 is 22.8 Å². The summed E-state index contributed by atoms with van der Waals surface area (Å²) in [5, 5.41) is 13.1. The Morgan fingerprint density at radius 3 is 2.43 bits per heavy atom. The molecule has 0 fully saturated rings. The third-order valence-electron chi connectivity index (χ3n) is 3.92. The molecule has 2 rings (SSSR count). The number of H-pyrrole nitrogens is 1. The third kappa shape index (κ3) is 3.55. The number of amides is 1.